The molecule has 0 amide bonds. The number of benzene rings is 1. The van der Waals surface area contributed by atoms with Crippen LogP contribution in [0, 0.1) is 29.6 Å². The van der Waals surface area contributed by atoms with Gasteiger partial charge in [0.2, 0.25) is 0 Å². The Morgan fingerprint density at radius 1 is 0.964 bits per heavy atom. The van der Waals surface area contributed by atoms with Crippen molar-refractivity contribution in [2.24, 2.45) is 29.6 Å². The Balaban J connectivity index is 1.34. The highest BCUT2D eigenvalue weighted by atomic mass is 19.3. The fourth-order valence-corrected chi connectivity index (χ4v) is 6.19. The summed E-state index contributed by atoms with van der Waals surface area (Å²) in [5.74, 6) is 4.23. The number of aryl methyl sites for hydroxylation is 1. The highest BCUT2D eigenvalue weighted by Crippen LogP contribution is 2.48. The molecule has 1 aromatic carbocycles. The second-order valence-corrected chi connectivity index (χ2v) is 9.40. The van der Waals surface area contributed by atoms with E-state index in [1.807, 2.05) is 0 Å². The van der Waals surface area contributed by atoms with Crippen molar-refractivity contribution in [3.05, 3.63) is 41.5 Å². The predicted octanol–water partition coefficient (Wildman–Crippen LogP) is 7.19. The summed E-state index contributed by atoms with van der Waals surface area (Å²) in [6.45, 7) is 2.93. The molecular formula is C25H34F2O. The minimum atomic E-state index is -1.48. The van der Waals surface area contributed by atoms with Crippen LogP contribution >= 0.6 is 0 Å². The molecule has 2 fully saturated rings. The van der Waals surface area contributed by atoms with E-state index in [2.05, 4.69) is 25.1 Å². The molecule has 0 saturated heterocycles. The van der Waals surface area contributed by atoms with E-state index in [9.17, 15) is 8.78 Å². The van der Waals surface area contributed by atoms with Crippen molar-refractivity contribution < 1.29 is 13.5 Å². The molecule has 0 radical (unpaired) electrons. The van der Waals surface area contributed by atoms with Gasteiger partial charge in [-0.2, -0.15) is 8.78 Å². The van der Waals surface area contributed by atoms with Crippen LogP contribution in [-0.2, 0) is 12.8 Å². The van der Waals surface area contributed by atoms with Crippen LogP contribution in [0.4, 0.5) is 8.78 Å². The van der Waals surface area contributed by atoms with E-state index in [1.54, 1.807) is 0 Å². The average Bonchev–Trinajstić information content (AvgIpc) is 2.71. The second kappa shape index (κ2) is 8.97. The molecule has 0 aromatic heterocycles. The van der Waals surface area contributed by atoms with E-state index < -0.39 is 6.08 Å². The first kappa shape index (κ1) is 19.9. The van der Waals surface area contributed by atoms with Crippen molar-refractivity contribution in [3.63, 3.8) is 0 Å². The van der Waals surface area contributed by atoms with Crippen LogP contribution in [0.25, 0.3) is 0 Å². The Morgan fingerprint density at radius 2 is 1.71 bits per heavy atom. The second-order valence-electron chi connectivity index (χ2n) is 9.40. The first-order valence-electron chi connectivity index (χ1n) is 11.4. The van der Waals surface area contributed by atoms with Crippen LogP contribution < -0.4 is 4.74 Å². The van der Waals surface area contributed by atoms with E-state index in [1.165, 1.54) is 55.7 Å². The number of fused-ring (bicyclic) bond motifs is 2. The van der Waals surface area contributed by atoms with Gasteiger partial charge in [-0.15, -0.1) is 0 Å². The molecule has 28 heavy (non-hydrogen) atoms. The summed E-state index contributed by atoms with van der Waals surface area (Å²) in [6, 6.07) is 6.70. The topological polar surface area (TPSA) is 9.23 Å². The number of allylic oxidation sites excluding steroid dienone is 1. The van der Waals surface area contributed by atoms with Gasteiger partial charge in [0.15, 0.2) is 0 Å². The summed E-state index contributed by atoms with van der Waals surface area (Å²) in [5, 5.41) is 0. The molecule has 154 valence electrons. The van der Waals surface area contributed by atoms with E-state index >= 15 is 0 Å². The van der Waals surface area contributed by atoms with Gasteiger partial charge >= 0.3 is 0 Å². The Labute approximate surface area is 168 Å². The first-order chi connectivity index (χ1) is 13.6. The third kappa shape index (κ3) is 4.60. The average molecular weight is 389 g/mol. The summed E-state index contributed by atoms with van der Waals surface area (Å²) in [5.41, 5.74) is 3.01. The molecule has 2 saturated carbocycles. The minimum Gasteiger partial charge on any atom is -0.494 e. The van der Waals surface area contributed by atoms with Crippen LogP contribution in [-0.4, -0.2) is 6.61 Å². The molecule has 3 unspecified atom stereocenters. The van der Waals surface area contributed by atoms with E-state index in [0.29, 0.717) is 5.92 Å². The highest BCUT2D eigenvalue weighted by Gasteiger charge is 2.38. The van der Waals surface area contributed by atoms with Gasteiger partial charge in [0.25, 0.3) is 6.08 Å². The van der Waals surface area contributed by atoms with E-state index in [0.717, 1.165) is 55.8 Å². The lowest BCUT2D eigenvalue weighted by Crippen LogP contribution is -2.34. The van der Waals surface area contributed by atoms with Crippen LogP contribution in [0.5, 0.6) is 5.75 Å². The highest BCUT2D eigenvalue weighted by molar-refractivity contribution is 5.37. The summed E-state index contributed by atoms with van der Waals surface area (Å²) < 4.78 is 31.0. The van der Waals surface area contributed by atoms with Crippen molar-refractivity contribution in [3.8, 4) is 5.75 Å². The van der Waals surface area contributed by atoms with Crippen molar-refractivity contribution in [2.45, 2.75) is 71.1 Å². The zero-order valence-corrected chi connectivity index (χ0v) is 17.1. The maximum Gasteiger partial charge on any atom is 0.266 e. The summed E-state index contributed by atoms with van der Waals surface area (Å²) in [6.07, 6.45) is 11.4. The molecular weight excluding hydrogens is 354 g/mol. The van der Waals surface area contributed by atoms with Gasteiger partial charge in [-0.1, -0.05) is 13.0 Å². The standard InChI is InChI=1S/C25H34F2O/c1-2-11-28-24-10-9-22-15-21(7-8-23(22)16-24)20-6-5-18-12-17(13-25(26)27)3-4-19(18)14-20/h9-10,13,16-21H,2-8,11-12,14-15H2,1H3/t17-,18?,19-,20?,21?/m1/s1. The molecule has 1 nitrogen and oxygen atoms in total. The summed E-state index contributed by atoms with van der Waals surface area (Å²) in [7, 11) is 0. The minimum absolute atomic E-state index is 0.119. The Morgan fingerprint density at radius 3 is 2.50 bits per heavy atom. The molecule has 3 aliphatic rings. The third-order valence-corrected chi connectivity index (χ3v) is 7.64. The van der Waals surface area contributed by atoms with E-state index in [-0.39, 0.29) is 5.92 Å². The number of ether oxygens (including phenoxy) is 1. The van der Waals surface area contributed by atoms with Crippen LogP contribution in [0.2, 0.25) is 0 Å². The molecule has 0 heterocycles. The normalized spacial score (nSPS) is 32.2. The van der Waals surface area contributed by atoms with Crippen molar-refractivity contribution >= 4 is 0 Å². The van der Waals surface area contributed by atoms with E-state index in [4.69, 9.17) is 4.74 Å². The molecule has 3 heteroatoms. The predicted molar refractivity (Wildman–Crippen MR) is 110 cm³/mol. The Bertz CT molecular complexity index is 694. The number of hydrogen-bond acceptors (Lipinski definition) is 1. The van der Waals surface area contributed by atoms with Gasteiger partial charge in [0.05, 0.1) is 6.61 Å². The van der Waals surface area contributed by atoms with Gasteiger partial charge in [-0.3, -0.25) is 0 Å². The van der Waals surface area contributed by atoms with Gasteiger partial charge in [-0.05, 0) is 123 Å². The fourth-order valence-electron chi connectivity index (χ4n) is 6.19. The molecule has 0 N–H and O–H groups in total. The zero-order chi connectivity index (χ0) is 19.5. The maximum atomic E-state index is 12.6. The molecule has 0 spiro atoms. The van der Waals surface area contributed by atoms with Crippen molar-refractivity contribution in [1.82, 2.24) is 0 Å². The molecule has 0 aliphatic heterocycles. The lowest BCUT2D eigenvalue weighted by molar-refractivity contribution is 0.0802. The van der Waals surface area contributed by atoms with Gasteiger partial charge in [-0.25, -0.2) is 0 Å². The van der Waals surface area contributed by atoms with Crippen molar-refractivity contribution in [2.75, 3.05) is 6.61 Å². The number of halogens is 2. The summed E-state index contributed by atoms with van der Waals surface area (Å²) >= 11 is 0. The monoisotopic (exact) mass is 388 g/mol. The quantitative estimate of drug-likeness (QED) is 0.518. The zero-order valence-electron chi connectivity index (χ0n) is 17.1. The lowest BCUT2D eigenvalue weighted by Gasteiger charge is -2.44. The largest absolute Gasteiger partial charge is 0.494 e. The Kier molecular flexibility index (Phi) is 6.38. The van der Waals surface area contributed by atoms with Gasteiger partial charge in [0, 0.05) is 0 Å². The molecule has 1 aromatic rings. The summed E-state index contributed by atoms with van der Waals surface area (Å²) in [4.78, 5) is 0. The third-order valence-electron chi connectivity index (χ3n) is 7.64. The first-order valence-corrected chi connectivity index (χ1v) is 11.4. The number of hydrogen-bond donors (Lipinski definition) is 0. The lowest BCUT2D eigenvalue weighted by atomic mass is 9.61. The molecule has 3 aliphatic carbocycles. The fraction of sp³-hybridized carbons (Fsp3) is 0.680. The van der Waals surface area contributed by atoms with Gasteiger partial charge in [0.1, 0.15) is 5.75 Å². The smallest absolute Gasteiger partial charge is 0.266 e. The van der Waals surface area contributed by atoms with Crippen LogP contribution in [0.1, 0.15) is 69.4 Å². The molecule has 5 atom stereocenters. The maximum absolute atomic E-state index is 12.6. The molecule has 4 rings (SSSR count). The number of rotatable bonds is 5. The van der Waals surface area contributed by atoms with Crippen molar-refractivity contribution in [1.29, 1.82) is 0 Å². The molecule has 0 bridgehead atoms. The Hall–Kier alpha value is -1.38. The van der Waals surface area contributed by atoms with Gasteiger partial charge < -0.3 is 4.74 Å². The van der Waals surface area contributed by atoms with Crippen LogP contribution in [0.15, 0.2) is 30.4 Å². The SMILES string of the molecule is CCCOc1ccc2c(c1)CCC(C1CCC3C[C@H](C=C(F)F)CC[C@@H]3C1)C2. The van der Waals surface area contributed by atoms with Crippen LogP contribution in [0.3, 0.4) is 0 Å².